The topological polar surface area (TPSA) is 57.4 Å². The van der Waals surface area contributed by atoms with E-state index in [2.05, 4.69) is 15.3 Å². The maximum Gasteiger partial charge on any atom is 0.280 e. The first-order valence-electron chi connectivity index (χ1n) is 6.86. The van der Waals surface area contributed by atoms with Gasteiger partial charge in [0, 0.05) is 0 Å². The summed E-state index contributed by atoms with van der Waals surface area (Å²) in [6, 6.07) is 13.4. The number of hydrazone groups is 1. The average Bonchev–Trinajstić information content (AvgIpc) is 2.84. The smallest absolute Gasteiger partial charge is 0.269 e. The zero-order valence-corrected chi connectivity index (χ0v) is 13.7. The molecule has 0 spiro atoms. The van der Waals surface area contributed by atoms with Crippen molar-refractivity contribution >= 4 is 46.2 Å². The number of para-hydroxylation sites is 1. The number of amides is 1. The molecular formula is C16H12Cl2N4O. The van der Waals surface area contributed by atoms with E-state index in [1.807, 2.05) is 30.3 Å². The molecule has 3 rings (SSSR count). The predicted molar refractivity (Wildman–Crippen MR) is 91.8 cm³/mol. The molecule has 1 aliphatic heterocycles. The first-order chi connectivity index (χ1) is 11.1. The predicted octanol–water partition coefficient (Wildman–Crippen LogP) is 4.87. The Morgan fingerprint density at radius 1 is 1.09 bits per heavy atom. The monoisotopic (exact) mass is 346 g/mol. The molecule has 1 amide bonds. The number of hydrogen-bond acceptors (Lipinski definition) is 4. The fraction of sp³-hybridized carbons (Fsp3) is 0.125. The third-order valence-electron chi connectivity index (χ3n) is 3.29. The van der Waals surface area contributed by atoms with Crippen LogP contribution >= 0.6 is 23.2 Å². The lowest BCUT2D eigenvalue weighted by atomic mass is 10.2. The molecule has 7 heteroatoms. The molecule has 0 saturated carbocycles. The minimum atomic E-state index is -0.732. The Balaban J connectivity index is 1.81. The van der Waals surface area contributed by atoms with Crippen LogP contribution in [-0.4, -0.2) is 17.7 Å². The standard InChI is InChI=1S/C16H12Cl2N4O/c1-10-15(20-19-11-7-8-13(17)14(18)9-11)16(23)22(21-10)12-5-3-2-4-6-12/h2-9,15H,1H3. The van der Waals surface area contributed by atoms with Gasteiger partial charge in [0.25, 0.3) is 5.91 Å². The summed E-state index contributed by atoms with van der Waals surface area (Å²) in [5.74, 6) is -0.238. The van der Waals surface area contributed by atoms with Gasteiger partial charge >= 0.3 is 0 Å². The summed E-state index contributed by atoms with van der Waals surface area (Å²) in [4.78, 5) is 12.5. The van der Waals surface area contributed by atoms with Crippen LogP contribution < -0.4 is 5.01 Å². The highest BCUT2D eigenvalue weighted by Gasteiger charge is 2.34. The van der Waals surface area contributed by atoms with Gasteiger partial charge in [0.05, 0.1) is 27.1 Å². The maximum atomic E-state index is 12.5. The molecule has 0 saturated heterocycles. The molecule has 2 aromatic carbocycles. The lowest BCUT2D eigenvalue weighted by molar-refractivity contribution is -0.117. The van der Waals surface area contributed by atoms with E-state index in [-0.39, 0.29) is 5.91 Å². The maximum absolute atomic E-state index is 12.5. The van der Waals surface area contributed by atoms with E-state index in [1.54, 1.807) is 25.1 Å². The van der Waals surface area contributed by atoms with Gasteiger partial charge in [-0.3, -0.25) is 4.79 Å². The molecule has 23 heavy (non-hydrogen) atoms. The quantitative estimate of drug-likeness (QED) is 0.731. The van der Waals surface area contributed by atoms with E-state index in [4.69, 9.17) is 23.2 Å². The Bertz CT molecular complexity index is 805. The molecule has 5 nitrogen and oxygen atoms in total. The van der Waals surface area contributed by atoms with Crippen molar-refractivity contribution in [2.45, 2.75) is 13.0 Å². The van der Waals surface area contributed by atoms with Crippen molar-refractivity contribution in [3.05, 3.63) is 58.6 Å². The Morgan fingerprint density at radius 2 is 1.83 bits per heavy atom. The lowest BCUT2D eigenvalue weighted by Gasteiger charge is -2.11. The molecule has 1 atom stereocenters. The second-order valence-corrected chi connectivity index (χ2v) is 5.76. The second kappa shape index (κ2) is 6.48. The van der Waals surface area contributed by atoms with Gasteiger partial charge in [0.2, 0.25) is 0 Å². The van der Waals surface area contributed by atoms with E-state index < -0.39 is 6.04 Å². The van der Waals surface area contributed by atoms with Gasteiger partial charge in [-0.05, 0) is 37.3 Å². The van der Waals surface area contributed by atoms with Crippen LogP contribution in [0.25, 0.3) is 0 Å². The molecule has 0 aliphatic carbocycles. The number of hydrogen-bond donors (Lipinski definition) is 0. The minimum absolute atomic E-state index is 0.238. The number of carbonyl (C=O) groups is 1. The van der Waals surface area contributed by atoms with Gasteiger partial charge in [-0.15, -0.1) is 0 Å². The summed E-state index contributed by atoms with van der Waals surface area (Å²) in [6.07, 6.45) is 0. The fourth-order valence-corrected chi connectivity index (χ4v) is 2.41. The number of anilines is 1. The molecule has 116 valence electrons. The summed E-state index contributed by atoms with van der Waals surface area (Å²) >= 11 is 11.8. The summed E-state index contributed by atoms with van der Waals surface area (Å²) in [6.45, 7) is 1.75. The molecule has 0 N–H and O–H groups in total. The van der Waals surface area contributed by atoms with Crippen LogP contribution in [0.2, 0.25) is 10.0 Å². The van der Waals surface area contributed by atoms with Crippen LogP contribution in [0.3, 0.4) is 0 Å². The van der Waals surface area contributed by atoms with E-state index >= 15 is 0 Å². The van der Waals surface area contributed by atoms with Crippen LogP contribution in [0.15, 0.2) is 63.9 Å². The Hall–Kier alpha value is -2.24. The Labute approximate surface area is 143 Å². The van der Waals surface area contributed by atoms with E-state index in [0.29, 0.717) is 27.1 Å². The molecule has 0 fully saturated rings. The van der Waals surface area contributed by atoms with Gasteiger partial charge in [0.15, 0.2) is 6.04 Å². The first kappa shape index (κ1) is 15.6. The summed E-state index contributed by atoms with van der Waals surface area (Å²) in [7, 11) is 0. The van der Waals surface area contributed by atoms with Gasteiger partial charge in [-0.25, -0.2) is 0 Å². The Morgan fingerprint density at radius 3 is 2.52 bits per heavy atom. The van der Waals surface area contributed by atoms with Crippen molar-refractivity contribution in [1.29, 1.82) is 0 Å². The third kappa shape index (κ3) is 3.25. The highest BCUT2D eigenvalue weighted by atomic mass is 35.5. The first-order valence-corrected chi connectivity index (χ1v) is 7.62. The molecule has 2 aromatic rings. The fourth-order valence-electron chi connectivity index (χ4n) is 2.11. The third-order valence-corrected chi connectivity index (χ3v) is 4.03. The van der Waals surface area contributed by atoms with Gasteiger partial charge in [-0.2, -0.15) is 20.3 Å². The van der Waals surface area contributed by atoms with Gasteiger partial charge < -0.3 is 0 Å². The number of halogens is 2. The summed E-state index contributed by atoms with van der Waals surface area (Å²) in [5, 5.41) is 14.6. The highest BCUT2D eigenvalue weighted by molar-refractivity contribution is 6.42. The van der Waals surface area contributed by atoms with Crippen LogP contribution in [0.1, 0.15) is 6.92 Å². The lowest BCUT2D eigenvalue weighted by Crippen LogP contribution is -2.29. The molecule has 1 unspecified atom stereocenters. The van der Waals surface area contributed by atoms with Gasteiger partial charge in [0.1, 0.15) is 0 Å². The second-order valence-electron chi connectivity index (χ2n) is 4.94. The van der Waals surface area contributed by atoms with Crippen molar-refractivity contribution in [1.82, 2.24) is 0 Å². The van der Waals surface area contributed by atoms with Crippen LogP contribution in [0, 0.1) is 0 Å². The van der Waals surface area contributed by atoms with E-state index in [1.165, 1.54) is 5.01 Å². The van der Waals surface area contributed by atoms with Crippen molar-refractivity contribution < 1.29 is 4.79 Å². The van der Waals surface area contributed by atoms with Crippen molar-refractivity contribution in [2.75, 3.05) is 5.01 Å². The summed E-state index contributed by atoms with van der Waals surface area (Å²) < 4.78 is 0. The normalized spacial score (nSPS) is 17.9. The van der Waals surface area contributed by atoms with E-state index in [0.717, 1.165) is 0 Å². The van der Waals surface area contributed by atoms with Crippen molar-refractivity contribution in [3.63, 3.8) is 0 Å². The molecule has 1 aliphatic rings. The number of nitrogens with zero attached hydrogens (tertiary/aromatic N) is 4. The number of rotatable bonds is 3. The molecule has 0 radical (unpaired) electrons. The number of azo groups is 1. The minimum Gasteiger partial charge on any atom is -0.269 e. The molecule has 1 heterocycles. The zero-order valence-electron chi connectivity index (χ0n) is 12.1. The van der Waals surface area contributed by atoms with Crippen LogP contribution in [0.5, 0.6) is 0 Å². The van der Waals surface area contributed by atoms with Crippen molar-refractivity contribution in [3.8, 4) is 0 Å². The molecule has 0 bridgehead atoms. The van der Waals surface area contributed by atoms with Crippen molar-refractivity contribution in [2.24, 2.45) is 15.3 Å². The van der Waals surface area contributed by atoms with Crippen LogP contribution in [-0.2, 0) is 4.79 Å². The van der Waals surface area contributed by atoms with E-state index in [9.17, 15) is 4.79 Å². The van der Waals surface area contributed by atoms with Gasteiger partial charge in [-0.1, -0.05) is 41.4 Å². The zero-order chi connectivity index (χ0) is 16.4. The highest BCUT2D eigenvalue weighted by Crippen LogP contribution is 2.28. The van der Waals surface area contributed by atoms with Crippen LogP contribution in [0.4, 0.5) is 11.4 Å². The average molecular weight is 347 g/mol. The Kier molecular flexibility index (Phi) is 4.41. The number of benzene rings is 2. The molecule has 0 aromatic heterocycles. The number of carbonyl (C=O) groups excluding carboxylic acids is 1. The SMILES string of the molecule is CC1=NN(c2ccccc2)C(=O)C1N=Nc1ccc(Cl)c(Cl)c1. The largest absolute Gasteiger partial charge is 0.280 e. The molecular weight excluding hydrogens is 335 g/mol. The summed E-state index contributed by atoms with van der Waals surface area (Å²) in [5.41, 5.74) is 1.81.